The van der Waals surface area contributed by atoms with Crippen molar-refractivity contribution in [2.45, 2.75) is 77.1 Å². The van der Waals surface area contributed by atoms with Gasteiger partial charge in [-0.15, -0.1) is 0 Å². The number of nitrogens with zero attached hydrogens (tertiary/aromatic N) is 1. The van der Waals surface area contributed by atoms with Crippen molar-refractivity contribution in [3.8, 4) is 0 Å². The summed E-state index contributed by atoms with van der Waals surface area (Å²) in [4.78, 5) is 13.3. The number of nitrogens with one attached hydrogen (secondary N) is 1. The van der Waals surface area contributed by atoms with E-state index in [2.05, 4.69) is 5.32 Å². The van der Waals surface area contributed by atoms with Crippen LogP contribution in [-0.4, -0.2) is 42.2 Å². The monoisotopic (exact) mass is 308 g/mol. The normalized spacial score (nSPS) is 19.8. The van der Waals surface area contributed by atoms with E-state index in [0.717, 1.165) is 30.7 Å². The average molecular weight is 308 g/mol. The van der Waals surface area contributed by atoms with Crippen LogP contribution in [0.2, 0.25) is 0 Å². The van der Waals surface area contributed by atoms with Gasteiger partial charge in [0.15, 0.2) is 0 Å². The van der Waals surface area contributed by atoms with E-state index >= 15 is 0 Å². The zero-order valence-electron chi connectivity index (χ0n) is 13.0. The highest BCUT2D eigenvalue weighted by atomic mass is 19.4. The van der Waals surface area contributed by atoms with Crippen molar-refractivity contribution >= 4 is 5.91 Å². The van der Waals surface area contributed by atoms with Gasteiger partial charge in [0.05, 0.1) is 0 Å². The smallest absolute Gasteiger partial charge is 0.331 e. The third-order valence-corrected chi connectivity index (χ3v) is 4.17. The van der Waals surface area contributed by atoms with Crippen molar-refractivity contribution in [2.24, 2.45) is 0 Å². The lowest BCUT2D eigenvalue weighted by atomic mass is 10.00. The molecule has 0 radical (unpaired) electrons. The molecule has 0 aromatic rings. The second kappa shape index (κ2) is 8.61. The fourth-order valence-corrected chi connectivity index (χ4v) is 2.96. The Hall–Kier alpha value is -0.780. The average Bonchev–Trinajstić information content (AvgIpc) is 2.45. The van der Waals surface area contributed by atoms with Crippen LogP contribution < -0.4 is 5.32 Å². The molecule has 124 valence electrons. The zero-order chi connectivity index (χ0) is 15.9. The molecule has 1 atom stereocenters. The van der Waals surface area contributed by atoms with E-state index in [1.807, 2.05) is 13.8 Å². The van der Waals surface area contributed by atoms with Gasteiger partial charge in [-0.25, -0.2) is 0 Å². The van der Waals surface area contributed by atoms with Crippen LogP contribution in [-0.2, 0) is 4.79 Å². The van der Waals surface area contributed by atoms with Gasteiger partial charge in [0.25, 0.3) is 0 Å². The van der Waals surface area contributed by atoms with Gasteiger partial charge in [0, 0.05) is 18.5 Å². The molecule has 1 N–H and O–H groups in total. The second-order valence-electron chi connectivity index (χ2n) is 5.79. The van der Waals surface area contributed by atoms with Crippen molar-refractivity contribution in [3.63, 3.8) is 0 Å². The molecule has 6 heteroatoms. The summed E-state index contributed by atoms with van der Waals surface area (Å²) in [5.41, 5.74) is 0. The number of rotatable bonds is 7. The van der Waals surface area contributed by atoms with E-state index in [0.29, 0.717) is 19.3 Å². The van der Waals surface area contributed by atoms with Crippen LogP contribution in [0.5, 0.6) is 0 Å². The first-order valence-electron chi connectivity index (χ1n) is 7.97. The number of hydrogen-bond acceptors (Lipinski definition) is 2. The van der Waals surface area contributed by atoms with Crippen LogP contribution in [0.25, 0.3) is 0 Å². The van der Waals surface area contributed by atoms with Crippen molar-refractivity contribution in [2.75, 3.05) is 13.1 Å². The van der Waals surface area contributed by atoms with Gasteiger partial charge in [-0.3, -0.25) is 4.79 Å². The Kier molecular flexibility index (Phi) is 7.49. The van der Waals surface area contributed by atoms with E-state index in [1.165, 1.54) is 0 Å². The molecule has 1 aliphatic rings. The number of halogens is 3. The maximum Gasteiger partial charge on any atom is 0.406 e. The topological polar surface area (TPSA) is 32.3 Å². The van der Waals surface area contributed by atoms with Crippen LogP contribution >= 0.6 is 0 Å². The molecule has 1 saturated heterocycles. The first kappa shape index (κ1) is 18.3. The summed E-state index contributed by atoms with van der Waals surface area (Å²) in [5.74, 6) is -0.367. The lowest BCUT2D eigenvalue weighted by Gasteiger charge is -2.32. The molecule has 0 spiro atoms. The molecule has 1 fully saturated rings. The highest BCUT2D eigenvalue weighted by Gasteiger charge is 2.35. The minimum absolute atomic E-state index is 0.199. The Morgan fingerprint density at radius 2 is 1.95 bits per heavy atom. The van der Waals surface area contributed by atoms with Crippen LogP contribution in [0.4, 0.5) is 13.2 Å². The quantitative estimate of drug-likeness (QED) is 0.781. The molecule has 1 heterocycles. The molecule has 0 saturated carbocycles. The van der Waals surface area contributed by atoms with Gasteiger partial charge < -0.3 is 10.2 Å². The Bertz CT molecular complexity index is 311. The molecule has 0 bridgehead atoms. The third kappa shape index (κ3) is 6.68. The van der Waals surface area contributed by atoms with Gasteiger partial charge in [-0.2, -0.15) is 13.2 Å². The summed E-state index contributed by atoms with van der Waals surface area (Å²) in [7, 11) is 0. The van der Waals surface area contributed by atoms with Gasteiger partial charge in [0.2, 0.25) is 5.91 Å². The maximum absolute atomic E-state index is 12.7. The van der Waals surface area contributed by atoms with Gasteiger partial charge in [-0.05, 0) is 38.6 Å². The van der Waals surface area contributed by atoms with Crippen LogP contribution in [0.3, 0.4) is 0 Å². The van der Waals surface area contributed by atoms with E-state index < -0.39 is 12.7 Å². The minimum atomic E-state index is -4.33. The molecule has 0 aromatic carbocycles. The van der Waals surface area contributed by atoms with Gasteiger partial charge >= 0.3 is 6.18 Å². The molecule has 1 rings (SSSR count). The standard InChI is InChI=1S/C15H27F3N2O/c1-3-13(4-2)20(11-15(16,17)18)14(21)9-8-12-7-5-6-10-19-12/h12-13,19H,3-11H2,1-2H3. The van der Waals surface area contributed by atoms with E-state index in [9.17, 15) is 18.0 Å². The van der Waals surface area contributed by atoms with Crippen molar-refractivity contribution in [3.05, 3.63) is 0 Å². The number of hydrogen-bond donors (Lipinski definition) is 1. The van der Waals surface area contributed by atoms with Crippen LogP contribution in [0.1, 0.15) is 58.8 Å². The highest BCUT2D eigenvalue weighted by Crippen LogP contribution is 2.22. The highest BCUT2D eigenvalue weighted by molar-refractivity contribution is 5.76. The fraction of sp³-hybridized carbons (Fsp3) is 0.933. The number of carbonyl (C=O) groups is 1. The van der Waals surface area contributed by atoms with Crippen molar-refractivity contribution in [1.82, 2.24) is 10.2 Å². The molecule has 21 heavy (non-hydrogen) atoms. The molecule has 0 aromatic heterocycles. The SMILES string of the molecule is CCC(CC)N(CC(F)(F)F)C(=O)CCC1CCCCN1. The molecule has 1 unspecified atom stereocenters. The molecule has 0 aliphatic carbocycles. The van der Waals surface area contributed by atoms with E-state index in [4.69, 9.17) is 0 Å². The third-order valence-electron chi connectivity index (χ3n) is 4.17. The molecular formula is C15H27F3N2O. The van der Waals surface area contributed by atoms with Crippen molar-refractivity contribution < 1.29 is 18.0 Å². The molecule has 1 amide bonds. The summed E-state index contributed by atoms with van der Waals surface area (Å²) in [6.07, 6.45) is 0.888. The van der Waals surface area contributed by atoms with Crippen molar-refractivity contribution in [1.29, 1.82) is 0 Å². The summed E-state index contributed by atoms with van der Waals surface area (Å²) in [6, 6.07) is -0.0458. The van der Waals surface area contributed by atoms with Crippen LogP contribution in [0.15, 0.2) is 0 Å². The second-order valence-corrected chi connectivity index (χ2v) is 5.79. The Balaban J connectivity index is 2.56. The predicted octanol–water partition coefficient (Wildman–Crippen LogP) is 3.49. The Morgan fingerprint density at radius 3 is 2.43 bits per heavy atom. The fourth-order valence-electron chi connectivity index (χ4n) is 2.96. The zero-order valence-corrected chi connectivity index (χ0v) is 13.0. The number of alkyl halides is 3. The van der Waals surface area contributed by atoms with E-state index in [-0.39, 0.29) is 24.4 Å². The molecular weight excluding hydrogens is 281 g/mol. The summed E-state index contributed by atoms with van der Waals surface area (Å²) < 4.78 is 38.1. The first-order chi connectivity index (χ1) is 9.87. The largest absolute Gasteiger partial charge is 0.406 e. The Morgan fingerprint density at radius 1 is 1.29 bits per heavy atom. The summed E-state index contributed by atoms with van der Waals surface area (Å²) >= 11 is 0. The number of carbonyl (C=O) groups excluding carboxylic acids is 1. The van der Waals surface area contributed by atoms with Crippen LogP contribution in [0, 0.1) is 0 Å². The summed E-state index contributed by atoms with van der Waals surface area (Å²) in [6.45, 7) is 3.47. The van der Waals surface area contributed by atoms with Gasteiger partial charge in [-0.1, -0.05) is 20.3 Å². The number of piperidine rings is 1. The van der Waals surface area contributed by atoms with E-state index in [1.54, 1.807) is 0 Å². The lowest BCUT2D eigenvalue weighted by molar-refractivity contribution is -0.166. The summed E-state index contributed by atoms with van der Waals surface area (Å²) in [5, 5.41) is 3.33. The number of amides is 1. The van der Waals surface area contributed by atoms with Gasteiger partial charge in [0.1, 0.15) is 6.54 Å². The Labute approximate surface area is 125 Å². The lowest BCUT2D eigenvalue weighted by Crippen LogP contribution is -2.46. The molecule has 3 nitrogen and oxygen atoms in total. The first-order valence-corrected chi connectivity index (χ1v) is 7.97. The maximum atomic E-state index is 12.7. The minimum Gasteiger partial charge on any atom is -0.331 e. The molecule has 1 aliphatic heterocycles. The predicted molar refractivity (Wildman–Crippen MR) is 77.0 cm³/mol.